The molecule has 1 atom stereocenters. The molecule has 7 nitrogen and oxygen atoms in total. The van der Waals surface area contributed by atoms with Crippen molar-refractivity contribution in [3.63, 3.8) is 0 Å². The summed E-state index contributed by atoms with van der Waals surface area (Å²) in [7, 11) is 1.68. The van der Waals surface area contributed by atoms with Gasteiger partial charge in [-0.05, 0) is 64.6 Å². The standard InChI is InChI=1S/C19H19BFIN6OS/c21-11-7-12-13(23-9-11)3-1-5-18(29)25-14-10-24-28-16(20-30-22)8-17(26-19(14)28)27-6-2-4-15(12)27/h7-10,15,20H,1-6H2,(H,25,29)/t15-/m0/s1. The normalized spacial score (nSPS) is 18.9. The minimum Gasteiger partial charge on any atom is -0.349 e. The molecule has 3 aromatic rings. The number of hydrogen-bond donors (Lipinski definition) is 1. The van der Waals surface area contributed by atoms with Crippen LogP contribution in [0.5, 0.6) is 0 Å². The number of carbonyl (C=O) groups is 1. The SMILES string of the molecule is O=C1CCCc2ncc(F)cc2[C@@H]2CCCN2c2cc(BSI)n3ncc(c3n2)N1. The fraction of sp³-hybridized carbons (Fsp3) is 0.368. The Bertz CT molecular complexity index is 1130. The molecule has 1 fully saturated rings. The Morgan fingerprint density at radius 3 is 3.03 bits per heavy atom. The van der Waals surface area contributed by atoms with Gasteiger partial charge in [-0.15, -0.1) is 8.78 Å². The number of aryl methyl sites for hydroxylation is 1. The van der Waals surface area contributed by atoms with Crippen molar-refractivity contribution in [1.29, 1.82) is 0 Å². The van der Waals surface area contributed by atoms with Crippen molar-refractivity contribution in [1.82, 2.24) is 19.6 Å². The number of hydrogen-bond acceptors (Lipinski definition) is 6. The van der Waals surface area contributed by atoms with Crippen molar-refractivity contribution in [3.05, 3.63) is 41.6 Å². The van der Waals surface area contributed by atoms with Crippen molar-refractivity contribution < 1.29 is 9.18 Å². The molecule has 0 spiro atoms. The van der Waals surface area contributed by atoms with Crippen LogP contribution >= 0.6 is 30.0 Å². The first kappa shape index (κ1) is 20.0. The van der Waals surface area contributed by atoms with E-state index in [0.29, 0.717) is 30.6 Å². The van der Waals surface area contributed by atoms with E-state index in [2.05, 4.69) is 47.6 Å². The van der Waals surface area contributed by atoms with Crippen LogP contribution in [0.2, 0.25) is 0 Å². The Kier molecular flexibility index (Phi) is 5.57. The lowest BCUT2D eigenvalue weighted by molar-refractivity contribution is -0.116. The molecule has 2 aliphatic heterocycles. The maximum absolute atomic E-state index is 14.1. The van der Waals surface area contributed by atoms with Crippen LogP contribution in [0.25, 0.3) is 5.65 Å². The number of rotatable bonds is 2. The number of anilines is 2. The molecule has 0 saturated carbocycles. The Morgan fingerprint density at radius 1 is 1.27 bits per heavy atom. The zero-order chi connectivity index (χ0) is 20.7. The molecule has 2 bridgehead atoms. The van der Waals surface area contributed by atoms with E-state index < -0.39 is 0 Å². The van der Waals surface area contributed by atoms with Gasteiger partial charge in [-0.1, -0.05) is 0 Å². The van der Waals surface area contributed by atoms with Gasteiger partial charge in [-0.3, -0.25) is 9.78 Å². The number of amides is 1. The summed E-state index contributed by atoms with van der Waals surface area (Å²) in [6.45, 7) is 1.60. The van der Waals surface area contributed by atoms with Crippen LogP contribution in [0, 0.1) is 5.82 Å². The summed E-state index contributed by atoms with van der Waals surface area (Å²) >= 11 is 2.27. The number of pyridine rings is 1. The molecule has 3 aromatic heterocycles. The van der Waals surface area contributed by atoms with Crippen LogP contribution in [0.15, 0.2) is 24.5 Å². The molecule has 1 saturated heterocycles. The first-order valence-electron chi connectivity index (χ1n) is 9.96. The smallest absolute Gasteiger partial charge is 0.262 e. The summed E-state index contributed by atoms with van der Waals surface area (Å²) in [6, 6.07) is 3.69. The van der Waals surface area contributed by atoms with Gasteiger partial charge in [-0.25, -0.2) is 13.9 Å². The number of halogens is 2. The Labute approximate surface area is 189 Å². The Morgan fingerprint density at radius 2 is 2.17 bits per heavy atom. The van der Waals surface area contributed by atoms with Crippen molar-refractivity contribution in [3.8, 4) is 0 Å². The second-order valence-electron chi connectivity index (χ2n) is 7.60. The van der Waals surface area contributed by atoms with Crippen molar-refractivity contribution in [2.45, 2.75) is 38.1 Å². The summed E-state index contributed by atoms with van der Waals surface area (Å²) in [5.41, 5.74) is 4.05. The van der Waals surface area contributed by atoms with Gasteiger partial charge >= 0.3 is 0 Å². The molecule has 0 aliphatic carbocycles. The maximum Gasteiger partial charge on any atom is 0.262 e. The van der Waals surface area contributed by atoms with E-state index in [-0.39, 0.29) is 17.8 Å². The average molecular weight is 536 g/mol. The molecule has 11 heteroatoms. The van der Waals surface area contributed by atoms with Gasteiger partial charge < -0.3 is 10.2 Å². The molecule has 2 aliphatic rings. The van der Waals surface area contributed by atoms with Crippen LogP contribution in [0.4, 0.5) is 15.9 Å². The highest BCUT2D eigenvalue weighted by molar-refractivity contribution is 14.2. The second kappa shape index (κ2) is 8.33. The molecule has 1 N–H and O–H groups in total. The number of carbonyl (C=O) groups excluding carboxylic acids is 1. The van der Waals surface area contributed by atoms with Crippen LogP contribution in [-0.4, -0.2) is 38.6 Å². The van der Waals surface area contributed by atoms with Gasteiger partial charge in [0.25, 0.3) is 6.56 Å². The molecule has 0 unspecified atom stereocenters. The van der Waals surface area contributed by atoms with Gasteiger partial charge in [0.05, 0.1) is 18.4 Å². The van der Waals surface area contributed by atoms with E-state index in [1.165, 1.54) is 6.20 Å². The summed E-state index contributed by atoms with van der Waals surface area (Å²) in [4.78, 5) is 24.0. The van der Waals surface area contributed by atoms with Gasteiger partial charge in [0.15, 0.2) is 5.65 Å². The van der Waals surface area contributed by atoms with Gasteiger partial charge in [-0.2, -0.15) is 5.10 Å². The Balaban J connectivity index is 1.70. The van der Waals surface area contributed by atoms with E-state index in [9.17, 15) is 9.18 Å². The van der Waals surface area contributed by atoms with Gasteiger partial charge in [0, 0.05) is 24.3 Å². The Hall–Kier alpha value is -1.89. The topological polar surface area (TPSA) is 75.4 Å². The highest BCUT2D eigenvalue weighted by Crippen LogP contribution is 2.37. The van der Waals surface area contributed by atoms with E-state index in [1.54, 1.807) is 25.6 Å². The summed E-state index contributed by atoms with van der Waals surface area (Å²) in [5, 5.41) is 7.43. The highest BCUT2D eigenvalue weighted by Gasteiger charge is 2.31. The molecule has 5 heterocycles. The van der Waals surface area contributed by atoms with Gasteiger partial charge in [0.1, 0.15) is 17.3 Å². The van der Waals surface area contributed by atoms with Crippen molar-refractivity contribution >= 4 is 65.2 Å². The van der Waals surface area contributed by atoms with Crippen molar-refractivity contribution in [2.75, 3.05) is 16.8 Å². The third-order valence-corrected chi connectivity index (χ3v) is 7.04. The average Bonchev–Trinajstić information content (AvgIpc) is 3.36. The van der Waals surface area contributed by atoms with Gasteiger partial charge in [0.2, 0.25) is 5.91 Å². The predicted octanol–water partition coefficient (Wildman–Crippen LogP) is 2.94. The van der Waals surface area contributed by atoms with E-state index in [1.807, 2.05) is 0 Å². The second-order valence-corrected chi connectivity index (χ2v) is 9.97. The molecule has 5 rings (SSSR count). The lowest BCUT2D eigenvalue weighted by Crippen LogP contribution is -2.29. The molecular weight excluding hydrogens is 517 g/mol. The van der Waals surface area contributed by atoms with Crippen LogP contribution < -0.4 is 15.8 Å². The summed E-state index contributed by atoms with van der Waals surface area (Å²) in [6.07, 6.45) is 6.51. The first-order valence-corrected chi connectivity index (χ1v) is 13.5. The van der Waals surface area contributed by atoms with Crippen LogP contribution in [-0.2, 0) is 11.2 Å². The lowest BCUT2D eigenvalue weighted by Gasteiger charge is -2.28. The predicted molar refractivity (Wildman–Crippen MR) is 126 cm³/mol. The summed E-state index contributed by atoms with van der Waals surface area (Å²) in [5.74, 6) is 0.424. The molecular formula is C19H19BFIN6OS. The molecule has 30 heavy (non-hydrogen) atoms. The number of nitrogens with zero attached hydrogens (tertiary/aromatic N) is 5. The summed E-state index contributed by atoms with van der Waals surface area (Å²) < 4.78 is 15.9. The molecule has 0 radical (unpaired) electrons. The highest BCUT2D eigenvalue weighted by atomic mass is 127. The minimum absolute atomic E-state index is 0.0223. The quantitative estimate of drug-likeness (QED) is 0.402. The lowest BCUT2D eigenvalue weighted by atomic mass is 9.98. The number of nitrogens with one attached hydrogen (secondary N) is 1. The monoisotopic (exact) mass is 536 g/mol. The fourth-order valence-corrected chi connectivity index (χ4v) is 5.65. The van der Waals surface area contributed by atoms with Crippen LogP contribution in [0.1, 0.15) is 43.0 Å². The van der Waals surface area contributed by atoms with E-state index >= 15 is 0 Å². The van der Waals surface area contributed by atoms with Crippen molar-refractivity contribution in [2.24, 2.45) is 0 Å². The zero-order valence-electron chi connectivity index (χ0n) is 16.1. The van der Waals surface area contributed by atoms with Crippen LogP contribution in [0.3, 0.4) is 0 Å². The third-order valence-electron chi connectivity index (χ3n) is 5.70. The molecule has 1 amide bonds. The number of aromatic nitrogens is 4. The van der Waals surface area contributed by atoms with E-state index in [4.69, 9.17) is 4.98 Å². The van der Waals surface area contributed by atoms with E-state index in [0.717, 1.165) is 48.6 Å². The zero-order valence-corrected chi connectivity index (χ0v) is 19.1. The first-order chi connectivity index (χ1) is 14.6. The molecule has 0 aromatic carbocycles. The fourth-order valence-electron chi connectivity index (χ4n) is 4.38. The molecule has 154 valence electrons. The maximum atomic E-state index is 14.1. The third kappa shape index (κ3) is 3.66. The minimum atomic E-state index is -0.328. The number of fused-ring (bicyclic) bond motifs is 5. The largest absolute Gasteiger partial charge is 0.349 e.